The van der Waals surface area contributed by atoms with Gasteiger partial charge in [-0.25, -0.2) is 0 Å². The molecule has 1 aliphatic rings. The zero-order valence-corrected chi connectivity index (χ0v) is 16.0. The average molecular weight is 365 g/mol. The van der Waals surface area contributed by atoms with Crippen molar-refractivity contribution in [3.05, 3.63) is 29.8 Å². The third-order valence-electron chi connectivity index (χ3n) is 4.38. The highest BCUT2D eigenvalue weighted by Gasteiger charge is 2.24. The molecule has 7 heteroatoms. The molecule has 1 aromatic carbocycles. The molecule has 1 saturated heterocycles. The standard InChI is InChI=1S/C18H27N3O3S/c1-4-20(5-2)16(14-7-6-8-15(9-14)24-3)10-19-17(22)11-21-13-25-12-18(21)23/h6-9,16H,4-5,10-13H2,1-3H3,(H,19,22)/t16-/m1/s1. The molecule has 6 nitrogen and oxygen atoms in total. The van der Waals surface area contributed by atoms with Crippen molar-refractivity contribution in [2.24, 2.45) is 0 Å². The molecule has 0 aliphatic carbocycles. The number of likely N-dealkylation sites (N-methyl/N-ethyl adjacent to an activating group) is 1. The highest BCUT2D eigenvalue weighted by Crippen LogP contribution is 2.24. The van der Waals surface area contributed by atoms with Crippen molar-refractivity contribution in [3.63, 3.8) is 0 Å². The van der Waals surface area contributed by atoms with Crippen molar-refractivity contribution in [1.82, 2.24) is 15.1 Å². The van der Waals surface area contributed by atoms with Gasteiger partial charge < -0.3 is 15.0 Å². The van der Waals surface area contributed by atoms with E-state index in [1.54, 1.807) is 23.8 Å². The number of nitrogens with one attached hydrogen (secondary N) is 1. The predicted octanol–water partition coefficient (Wildman–Crippen LogP) is 1.73. The molecule has 0 unspecified atom stereocenters. The zero-order valence-electron chi connectivity index (χ0n) is 15.2. The summed E-state index contributed by atoms with van der Waals surface area (Å²) < 4.78 is 5.33. The lowest BCUT2D eigenvalue weighted by molar-refractivity contribution is -0.132. The van der Waals surface area contributed by atoms with Gasteiger partial charge in [-0.15, -0.1) is 11.8 Å². The maximum Gasteiger partial charge on any atom is 0.239 e. The second-order valence-electron chi connectivity index (χ2n) is 5.89. The van der Waals surface area contributed by atoms with Gasteiger partial charge in [0.2, 0.25) is 11.8 Å². The number of ether oxygens (including phenoxy) is 1. The van der Waals surface area contributed by atoms with Gasteiger partial charge in [-0.1, -0.05) is 26.0 Å². The minimum absolute atomic E-state index is 0.0354. The Kier molecular flexibility index (Phi) is 7.58. The van der Waals surface area contributed by atoms with Gasteiger partial charge in [-0.05, 0) is 30.8 Å². The first-order valence-electron chi connectivity index (χ1n) is 8.59. The maximum absolute atomic E-state index is 12.2. The molecule has 1 N–H and O–H groups in total. The van der Waals surface area contributed by atoms with Gasteiger partial charge in [0.05, 0.1) is 24.8 Å². The summed E-state index contributed by atoms with van der Waals surface area (Å²) in [7, 11) is 1.65. The second kappa shape index (κ2) is 9.68. The van der Waals surface area contributed by atoms with E-state index in [0.29, 0.717) is 18.2 Å². The Morgan fingerprint density at radius 3 is 2.76 bits per heavy atom. The van der Waals surface area contributed by atoms with Crippen LogP contribution in [-0.4, -0.2) is 66.5 Å². The van der Waals surface area contributed by atoms with Crippen LogP contribution >= 0.6 is 11.8 Å². The van der Waals surface area contributed by atoms with Crippen molar-refractivity contribution in [1.29, 1.82) is 0 Å². The van der Waals surface area contributed by atoms with Crippen LogP contribution in [0.1, 0.15) is 25.5 Å². The Hall–Kier alpha value is -1.73. The number of rotatable bonds is 9. The Bertz CT molecular complexity index is 593. The van der Waals surface area contributed by atoms with E-state index in [0.717, 1.165) is 24.4 Å². The summed E-state index contributed by atoms with van der Waals surface area (Å²) in [5, 5.41) is 2.99. The van der Waals surface area contributed by atoms with E-state index in [2.05, 4.69) is 30.1 Å². The van der Waals surface area contributed by atoms with E-state index in [1.165, 1.54) is 0 Å². The first-order valence-corrected chi connectivity index (χ1v) is 9.74. The molecule has 0 spiro atoms. The minimum Gasteiger partial charge on any atom is -0.497 e. The molecule has 2 rings (SSSR count). The summed E-state index contributed by atoms with van der Waals surface area (Å²) in [6, 6.07) is 8.01. The van der Waals surface area contributed by atoms with Crippen LogP contribution in [0.4, 0.5) is 0 Å². The van der Waals surface area contributed by atoms with Gasteiger partial charge in [-0.3, -0.25) is 14.5 Å². The molecule has 0 radical (unpaired) electrons. The van der Waals surface area contributed by atoms with Crippen molar-refractivity contribution >= 4 is 23.6 Å². The largest absolute Gasteiger partial charge is 0.497 e. The summed E-state index contributed by atoms with van der Waals surface area (Å²) in [6.45, 7) is 6.62. The smallest absolute Gasteiger partial charge is 0.239 e. The number of thioether (sulfide) groups is 1. The van der Waals surface area contributed by atoms with Gasteiger partial charge in [0.15, 0.2) is 0 Å². The number of benzene rings is 1. The fraction of sp³-hybridized carbons (Fsp3) is 0.556. The fourth-order valence-electron chi connectivity index (χ4n) is 2.95. The molecule has 1 fully saturated rings. The highest BCUT2D eigenvalue weighted by atomic mass is 32.2. The number of methoxy groups -OCH3 is 1. The van der Waals surface area contributed by atoms with Crippen LogP contribution in [-0.2, 0) is 9.59 Å². The zero-order chi connectivity index (χ0) is 18.2. The van der Waals surface area contributed by atoms with Crippen LogP contribution in [0.15, 0.2) is 24.3 Å². The quantitative estimate of drug-likeness (QED) is 0.722. The summed E-state index contributed by atoms with van der Waals surface area (Å²) in [5.41, 5.74) is 1.11. The van der Waals surface area contributed by atoms with Crippen molar-refractivity contribution in [2.45, 2.75) is 19.9 Å². The van der Waals surface area contributed by atoms with E-state index in [-0.39, 0.29) is 24.4 Å². The lowest BCUT2D eigenvalue weighted by Gasteiger charge is -2.30. The summed E-state index contributed by atoms with van der Waals surface area (Å²) in [4.78, 5) is 27.8. The number of amides is 2. The first-order chi connectivity index (χ1) is 12.1. The predicted molar refractivity (Wildman–Crippen MR) is 101 cm³/mol. The maximum atomic E-state index is 12.2. The third kappa shape index (κ3) is 5.37. The average Bonchev–Trinajstić information content (AvgIpc) is 3.03. The van der Waals surface area contributed by atoms with E-state index in [1.807, 2.05) is 18.2 Å². The number of hydrogen-bond acceptors (Lipinski definition) is 5. The van der Waals surface area contributed by atoms with Crippen LogP contribution in [0.3, 0.4) is 0 Å². The molecule has 0 saturated carbocycles. The third-order valence-corrected chi connectivity index (χ3v) is 5.33. The molecule has 0 aromatic heterocycles. The second-order valence-corrected chi connectivity index (χ2v) is 6.84. The van der Waals surface area contributed by atoms with Crippen LogP contribution in [0.2, 0.25) is 0 Å². The van der Waals surface area contributed by atoms with Gasteiger partial charge in [0.25, 0.3) is 0 Å². The van der Waals surface area contributed by atoms with E-state index in [9.17, 15) is 9.59 Å². The highest BCUT2D eigenvalue weighted by molar-refractivity contribution is 8.00. The number of hydrogen-bond donors (Lipinski definition) is 1. The molecule has 2 amide bonds. The molecule has 138 valence electrons. The Balaban J connectivity index is 2.02. The van der Waals surface area contributed by atoms with E-state index >= 15 is 0 Å². The lowest BCUT2D eigenvalue weighted by atomic mass is 10.0. The van der Waals surface area contributed by atoms with Crippen LogP contribution in [0, 0.1) is 0 Å². The van der Waals surface area contributed by atoms with Crippen LogP contribution in [0.25, 0.3) is 0 Å². The molecule has 1 aliphatic heterocycles. The molecule has 0 bridgehead atoms. The topological polar surface area (TPSA) is 61.9 Å². The van der Waals surface area contributed by atoms with Gasteiger partial charge in [-0.2, -0.15) is 0 Å². The molecule has 1 atom stereocenters. The lowest BCUT2D eigenvalue weighted by Crippen LogP contribution is -2.42. The molecule has 25 heavy (non-hydrogen) atoms. The number of carbonyl (C=O) groups excluding carboxylic acids is 2. The van der Waals surface area contributed by atoms with Crippen LogP contribution in [0.5, 0.6) is 5.75 Å². The van der Waals surface area contributed by atoms with E-state index < -0.39 is 0 Å². The molecule has 1 aromatic rings. The Morgan fingerprint density at radius 1 is 1.40 bits per heavy atom. The number of nitrogens with zero attached hydrogens (tertiary/aromatic N) is 2. The summed E-state index contributed by atoms with van der Waals surface area (Å²) in [5.74, 6) is 1.80. The summed E-state index contributed by atoms with van der Waals surface area (Å²) >= 11 is 1.54. The molecular weight excluding hydrogens is 338 g/mol. The van der Waals surface area contributed by atoms with Crippen LogP contribution < -0.4 is 10.1 Å². The van der Waals surface area contributed by atoms with Gasteiger partial charge in [0, 0.05) is 6.54 Å². The van der Waals surface area contributed by atoms with Crippen molar-refractivity contribution in [2.75, 3.05) is 44.9 Å². The fourth-order valence-corrected chi connectivity index (χ4v) is 3.86. The van der Waals surface area contributed by atoms with Gasteiger partial charge in [0.1, 0.15) is 12.3 Å². The first kappa shape index (κ1) is 19.6. The van der Waals surface area contributed by atoms with E-state index in [4.69, 9.17) is 4.74 Å². The molecule has 1 heterocycles. The number of carbonyl (C=O) groups is 2. The monoisotopic (exact) mass is 365 g/mol. The molecular formula is C18H27N3O3S. The summed E-state index contributed by atoms with van der Waals surface area (Å²) in [6.07, 6.45) is 0. The van der Waals surface area contributed by atoms with Gasteiger partial charge >= 0.3 is 0 Å². The minimum atomic E-state index is -0.115. The SMILES string of the molecule is CCN(CC)[C@H](CNC(=O)CN1CSCC1=O)c1cccc(OC)c1. The van der Waals surface area contributed by atoms with Crippen molar-refractivity contribution in [3.8, 4) is 5.75 Å². The Morgan fingerprint density at radius 2 is 2.16 bits per heavy atom. The Labute approximate surface area is 153 Å². The normalized spacial score (nSPS) is 15.5. The van der Waals surface area contributed by atoms with Crippen molar-refractivity contribution < 1.29 is 14.3 Å².